The van der Waals surface area contributed by atoms with Crippen LogP contribution in [-0.2, 0) is 17.7 Å². The maximum atomic E-state index is 6.14. The first-order valence-electron chi connectivity index (χ1n) is 11.4. The molecule has 27 heavy (non-hydrogen) atoms. The Hall–Kier alpha value is 0.234. The number of hydrogen-bond donors (Lipinski definition) is 0. The second kappa shape index (κ2) is 14.3. The summed E-state index contributed by atoms with van der Waals surface area (Å²) in [5, 5.41) is 0. The molecule has 1 atom stereocenters. The van der Waals surface area contributed by atoms with Gasteiger partial charge in [-0.1, -0.05) is 25.7 Å². The van der Waals surface area contributed by atoms with E-state index in [4.69, 9.17) is 17.7 Å². The molecule has 7 heteroatoms. The van der Waals surface area contributed by atoms with Crippen molar-refractivity contribution in [3.8, 4) is 0 Å². The molecule has 1 aliphatic rings. The maximum absolute atomic E-state index is 6.14. The minimum atomic E-state index is -2.43. The van der Waals surface area contributed by atoms with Gasteiger partial charge in [0.25, 0.3) is 8.48 Å². The first-order chi connectivity index (χ1) is 13.1. The van der Waals surface area contributed by atoms with Crippen molar-refractivity contribution in [3.05, 3.63) is 0 Å². The first-order valence-corrected chi connectivity index (χ1v) is 15.9. The van der Waals surface area contributed by atoms with Crippen molar-refractivity contribution in [2.24, 2.45) is 0 Å². The third-order valence-electron chi connectivity index (χ3n) is 5.45. The lowest BCUT2D eigenvalue weighted by Gasteiger charge is -2.32. The Morgan fingerprint density at radius 1 is 0.778 bits per heavy atom. The van der Waals surface area contributed by atoms with E-state index in [1.54, 1.807) is 0 Å². The zero-order chi connectivity index (χ0) is 20.0. The fourth-order valence-electron chi connectivity index (χ4n) is 4.17. The molecule has 1 aliphatic heterocycles. The van der Waals surface area contributed by atoms with Crippen molar-refractivity contribution < 1.29 is 17.7 Å². The minimum absolute atomic E-state index is 0.673. The van der Waals surface area contributed by atoms with E-state index in [2.05, 4.69) is 18.0 Å². The van der Waals surface area contributed by atoms with Gasteiger partial charge in [-0.05, 0) is 72.6 Å². The molecule has 0 radical (unpaired) electrons. The third-order valence-corrected chi connectivity index (χ3v) is 12.6. The second-order valence-corrected chi connectivity index (χ2v) is 14.1. The summed E-state index contributed by atoms with van der Waals surface area (Å²) in [6.07, 6.45) is 8.99. The molecule has 162 valence electrons. The highest BCUT2D eigenvalue weighted by Crippen LogP contribution is 2.27. The lowest BCUT2D eigenvalue weighted by Crippen LogP contribution is -2.49. The molecule has 1 saturated heterocycles. The van der Waals surface area contributed by atoms with E-state index in [0.29, 0.717) is 19.8 Å². The van der Waals surface area contributed by atoms with Crippen molar-refractivity contribution in [1.82, 2.24) is 4.57 Å². The average molecular weight is 420 g/mol. The molecule has 0 bridgehead atoms. The van der Waals surface area contributed by atoms with E-state index in [0.717, 1.165) is 19.1 Å². The summed E-state index contributed by atoms with van der Waals surface area (Å²) in [4.78, 5) is 0. The average Bonchev–Trinajstić information content (AvgIpc) is 2.98. The summed E-state index contributed by atoms with van der Waals surface area (Å²) >= 11 is 0. The molecule has 0 aromatic rings. The lowest BCUT2D eigenvalue weighted by atomic mass is 10.1. The van der Waals surface area contributed by atoms with E-state index in [1.807, 2.05) is 20.8 Å². The van der Waals surface area contributed by atoms with Crippen LogP contribution in [0.5, 0.6) is 0 Å². The van der Waals surface area contributed by atoms with Gasteiger partial charge in [0.1, 0.15) is 0 Å². The van der Waals surface area contributed by atoms with Crippen molar-refractivity contribution in [1.29, 1.82) is 0 Å². The fraction of sp³-hybridized carbons (Fsp3) is 1.00. The molecule has 0 amide bonds. The van der Waals surface area contributed by atoms with Crippen LogP contribution in [0.15, 0.2) is 0 Å². The topological polar surface area (TPSA) is 40.2 Å². The predicted octanol–water partition coefficient (Wildman–Crippen LogP) is 5.19. The van der Waals surface area contributed by atoms with Crippen LogP contribution >= 0.6 is 0 Å². The first kappa shape index (κ1) is 25.3. The molecule has 0 saturated carbocycles. The number of unbranched alkanes of at least 4 members (excludes halogenated alkanes) is 5. The quantitative estimate of drug-likeness (QED) is 0.240. The maximum Gasteiger partial charge on any atom is 0.500 e. The van der Waals surface area contributed by atoms with Crippen molar-refractivity contribution in [2.45, 2.75) is 91.3 Å². The summed E-state index contributed by atoms with van der Waals surface area (Å²) in [7, 11) is -3.97. The van der Waals surface area contributed by atoms with Crippen molar-refractivity contribution in [3.63, 3.8) is 0 Å². The van der Waals surface area contributed by atoms with Gasteiger partial charge in [-0.3, -0.25) is 0 Å². The second-order valence-electron chi connectivity index (χ2n) is 7.55. The molecule has 0 aliphatic carbocycles. The van der Waals surface area contributed by atoms with E-state index >= 15 is 0 Å². The molecule has 0 aromatic carbocycles. The van der Waals surface area contributed by atoms with E-state index in [-0.39, 0.29) is 0 Å². The Balaban J connectivity index is 2.15. The summed E-state index contributed by atoms with van der Waals surface area (Å²) in [6, 6.07) is 2.26. The standard InChI is InChI=1S/C20H45NO4Si2/c1-6-22-26(5)19-16-18-21(26)17-14-12-10-11-13-15-20-27(23-7-2,24-8-3)25-9-4/h6-20H2,1-5H3. The Morgan fingerprint density at radius 2 is 1.33 bits per heavy atom. The van der Waals surface area contributed by atoms with Crippen LogP contribution in [0.1, 0.15) is 72.6 Å². The molecule has 0 N–H and O–H groups in total. The fourth-order valence-corrected chi connectivity index (χ4v) is 10.2. The van der Waals surface area contributed by atoms with Gasteiger partial charge in [0.05, 0.1) is 0 Å². The summed E-state index contributed by atoms with van der Waals surface area (Å²) < 4.78 is 26.6. The number of nitrogens with zero attached hydrogens (tertiary/aromatic N) is 1. The van der Waals surface area contributed by atoms with Crippen LogP contribution in [0, 0.1) is 0 Å². The van der Waals surface area contributed by atoms with Crippen LogP contribution < -0.4 is 0 Å². The van der Waals surface area contributed by atoms with E-state index in [1.165, 1.54) is 57.7 Å². The summed E-state index contributed by atoms with van der Waals surface area (Å²) in [5.74, 6) is 0. The van der Waals surface area contributed by atoms with E-state index < -0.39 is 17.3 Å². The third kappa shape index (κ3) is 9.06. The smallest absolute Gasteiger partial charge is 0.403 e. The largest absolute Gasteiger partial charge is 0.500 e. The van der Waals surface area contributed by atoms with Gasteiger partial charge < -0.3 is 22.3 Å². The molecule has 0 aromatic heterocycles. The monoisotopic (exact) mass is 419 g/mol. The molecular formula is C20H45NO4Si2. The summed E-state index contributed by atoms with van der Waals surface area (Å²) in [6.45, 7) is 16.0. The molecular weight excluding hydrogens is 374 g/mol. The van der Waals surface area contributed by atoms with Crippen LogP contribution in [0.3, 0.4) is 0 Å². The lowest BCUT2D eigenvalue weighted by molar-refractivity contribution is 0.0706. The zero-order valence-corrected chi connectivity index (χ0v) is 20.7. The van der Waals surface area contributed by atoms with Crippen LogP contribution in [0.2, 0.25) is 18.6 Å². The van der Waals surface area contributed by atoms with Gasteiger partial charge in [0.2, 0.25) is 0 Å². The van der Waals surface area contributed by atoms with Crippen molar-refractivity contribution in [2.75, 3.05) is 39.5 Å². The Bertz CT molecular complexity index is 359. The Labute approximate surface area is 170 Å². The highest BCUT2D eigenvalue weighted by molar-refractivity contribution is 6.70. The molecule has 5 nitrogen and oxygen atoms in total. The normalized spacial score (nSPS) is 21.2. The van der Waals surface area contributed by atoms with E-state index in [9.17, 15) is 0 Å². The van der Waals surface area contributed by atoms with Crippen LogP contribution in [-0.4, -0.2) is 61.4 Å². The molecule has 1 heterocycles. The van der Waals surface area contributed by atoms with Gasteiger partial charge in [-0.15, -0.1) is 0 Å². The number of hydrogen-bond acceptors (Lipinski definition) is 5. The van der Waals surface area contributed by atoms with Crippen molar-refractivity contribution >= 4 is 17.3 Å². The van der Waals surface area contributed by atoms with Gasteiger partial charge in [0, 0.05) is 32.5 Å². The highest BCUT2D eigenvalue weighted by atomic mass is 28.4. The highest BCUT2D eigenvalue weighted by Gasteiger charge is 2.40. The Morgan fingerprint density at radius 3 is 1.89 bits per heavy atom. The van der Waals surface area contributed by atoms with Gasteiger partial charge in [-0.2, -0.15) is 0 Å². The van der Waals surface area contributed by atoms with Gasteiger partial charge in [-0.25, -0.2) is 0 Å². The minimum Gasteiger partial charge on any atom is -0.403 e. The predicted molar refractivity (Wildman–Crippen MR) is 117 cm³/mol. The van der Waals surface area contributed by atoms with Gasteiger partial charge in [0.15, 0.2) is 0 Å². The number of rotatable bonds is 17. The Kier molecular flexibility index (Phi) is 13.3. The van der Waals surface area contributed by atoms with Crippen LogP contribution in [0.25, 0.3) is 0 Å². The molecule has 0 spiro atoms. The molecule has 1 fully saturated rings. The molecule has 1 rings (SSSR count). The summed E-state index contributed by atoms with van der Waals surface area (Å²) in [5.41, 5.74) is 0. The SMILES string of the molecule is CCO[Si](CCCCCCCCN1CCC[Si]1(C)OCC)(OCC)OCC. The molecule has 1 unspecified atom stereocenters. The van der Waals surface area contributed by atoms with Gasteiger partial charge >= 0.3 is 8.80 Å². The zero-order valence-electron chi connectivity index (χ0n) is 18.7. The van der Waals surface area contributed by atoms with Crippen LogP contribution in [0.4, 0.5) is 0 Å².